The van der Waals surface area contributed by atoms with E-state index in [0.29, 0.717) is 6.04 Å². The number of hydrogen-bond donors (Lipinski definition) is 2. The normalized spacial score (nSPS) is 31.1. The monoisotopic (exact) mass is 240 g/mol. The molecule has 0 aromatic heterocycles. The molecule has 2 fully saturated rings. The topological polar surface area (TPSA) is 35.5 Å². The van der Waals surface area contributed by atoms with Gasteiger partial charge in [-0.1, -0.05) is 19.3 Å². The van der Waals surface area contributed by atoms with Crippen molar-refractivity contribution in [3.63, 3.8) is 0 Å². The van der Waals surface area contributed by atoms with Gasteiger partial charge in [0, 0.05) is 12.6 Å². The Hall–Kier alpha value is -0.120. The van der Waals surface area contributed by atoms with Crippen molar-refractivity contribution >= 4 is 0 Å². The lowest BCUT2D eigenvalue weighted by molar-refractivity contribution is 0.00230. The molecule has 0 aromatic rings. The van der Waals surface area contributed by atoms with E-state index in [9.17, 15) is 5.11 Å². The van der Waals surface area contributed by atoms with Gasteiger partial charge in [0.1, 0.15) is 0 Å². The van der Waals surface area contributed by atoms with Gasteiger partial charge in [0.05, 0.1) is 5.60 Å². The zero-order chi connectivity index (χ0) is 12.1. The fourth-order valence-electron chi connectivity index (χ4n) is 3.17. The number of nitrogens with zero attached hydrogens (tertiary/aromatic N) is 1. The molecular formula is C14H28N2O. The third kappa shape index (κ3) is 4.23. The molecule has 2 rings (SSSR count). The standard InChI is InChI=1S/C14H28N2O/c1-16-10-5-6-13(7-11-16)15-12-14(17)8-3-2-4-9-14/h13,15,17H,2-12H2,1H3. The number of hydrogen-bond acceptors (Lipinski definition) is 3. The van der Waals surface area contributed by atoms with E-state index in [-0.39, 0.29) is 0 Å². The van der Waals surface area contributed by atoms with E-state index < -0.39 is 5.60 Å². The average Bonchev–Trinajstić information content (AvgIpc) is 2.53. The van der Waals surface area contributed by atoms with E-state index in [4.69, 9.17) is 0 Å². The Balaban J connectivity index is 1.73. The molecule has 3 nitrogen and oxygen atoms in total. The van der Waals surface area contributed by atoms with Crippen molar-refractivity contribution < 1.29 is 5.11 Å². The molecule has 1 unspecified atom stereocenters. The molecule has 1 saturated carbocycles. The van der Waals surface area contributed by atoms with Crippen LogP contribution in [0.25, 0.3) is 0 Å². The van der Waals surface area contributed by atoms with E-state index >= 15 is 0 Å². The Morgan fingerprint density at radius 3 is 2.65 bits per heavy atom. The second-order valence-corrected chi connectivity index (χ2v) is 6.10. The molecular weight excluding hydrogens is 212 g/mol. The summed E-state index contributed by atoms with van der Waals surface area (Å²) >= 11 is 0. The number of likely N-dealkylation sites (tertiary alicyclic amines) is 1. The molecule has 1 aliphatic carbocycles. The number of nitrogens with one attached hydrogen (secondary N) is 1. The predicted octanol–water partition coefficient (Wildman–Crippen LogP) is 1.76. The molecule has 0 spiro atoms. The first-order valence-electron chi connectivity index (χ1n) is 7.32. The van der Waals surface area contributed by atoms with Gasteiger partial charge in [-0.3, -0.25) is 0 Å². The molecule has 2 aliphatic rings. The summed E-state index contributed by atoms with van der Waals surface area (Å²) in [6.07, 6.45) is 9.46. The minimum atomic E-state index is -0.406. The minimum Gasteiger partial charge on any atom is -0.389 e. The van der Waals surface area contributed by atoms with Crippen LogP contribution in [0, 0.1) is 0 Å². The molecule has 1 atom stereocenters. The van der Waals surface area contributed by atoms with Crippen molar-refractivity contribution in [2.24, 2.45) is 0 Å². The summed E-state index contributed by atoms with van der Waals surface area (Å²) in [5.41, 5.74) is -0.406. The van der Waals surface area contributed by atoms with Crippen molar-refractivity contribution in [2.45, 2.75) is 63.0 Å². The van der Waals surface area contributed by atoms with Crippen LogP contribution in [0.15, 0.2) is 0 Å². The Kier molecular flexibility index (Phi) is 4.83. The maximum absolute atomic E-state index is 10.5. The summed E-state index contributed by atoms with van der Waals surface area (Å²) < 4.78 is 0. The van der Waals surface area contributed by atoms with Crippen LogP contribution >= 0.6 is 0 Å². The van der Waals surface area contributed by atoms with E-state index in [1.807, 2.05) is 0 Å². The smallest absolute Gasteiger partial charge is 0.0771 e. The molecule has 0 bridgehead atoms. The van der Waals surface area contributed by atoms with E-state index in [0.717, 1.165) is 19.4 Å². The molecule has 1 heterocycles. The lowest BCUT2D eigenvalue weighted by Crippen LogP contribution is -2.45. The first-order chi connectivity index (χ1) is 8.18. The first-order valence-corrected chi connectivity index (χ1v) is 7.32. The highest BCUT2D eigenvalue weighted by Crippen LogP contribution is 2.27. The molecule has 3 heteroatoms. The Bertz CT molecular complexity index is 226. The number of rotatable bonds is 3. The van der Waals surface area contributed by atoms with Gasteiger partial charge in [-0.25, -0.2) is 0 Å². The Morgan fingerprint density at radius 1 is 1.12 bits per heavy atom. The maximum atomic E-state index is 10.5. The van der Waals surface area contributed by atoms with Crippen LogP contribution in [-0.2, 0) is 0 Å². The second kappa shape index (κ2) is 6.17. The van der Waals surface area contributed by atoms with Crippen molar-refractivity contribution in [3.8, 4) is 0 Å². The highest BCUT2D eigenvalue weighted by Gasteiger charge is 2.29. The Labute approximate surface area is 106 Å². The maximum Gasteiger partial charge on any atom is 0.0771 e. The van der Waals surface area contributed by atoms with Crippen molar-refractivity contribution in [3.05, 3.63) is 0 Å². The summed E-state index contributed by atoms with van der Waals surface area (Å²) in [7, 11) is 2.21. The molecule has 0 radical (unpaired) electrons. The van der Waals surface area contributed by atoms with Gasteiger partial charge in [0.25, 0.3) is 0 Å². The zero-order valence-corrected chi connectivity index (χ0v) is 11.2. The van der Waals surface area contributed by atoms with Gasteiger partial charge in [-0.2, -0.15) is 0 Å². The molecule has 1 saturated heterocycles. The van der Waals surface area contributed by atoms with Gasteiger partial charge < -0.3 is 15.3 Å². The lowest BCUT2D eigenvalue weighted by atomic mass is 9.84. The lowest BCUT2D eigenvalue weighted by Gasteiger charge is -2.33. The second-order valence-electron chi connectivity index (χ2n) is 6.10. The largest absolute Gasteiger partial charge is 0.389 e. The van der Waals surface area contributed by atoms with Crippen molar-refractivity contribution in [2.75, 3.05) is 26.7 Å². The fraction of sp³-hybridized carbons (Fsp3) is 1.00. The summed E-state index contributed by atoms with van der Waals surface area (Å²) in [5.74, 6) is 0. The van der Waals surface area contributed by atoms with Crippen LogP contribution in [0.3, 0.4) is 0 Å². The first kappa shape index (κ1) is 13.3. The quantitative estimate of drug-likeness (QED) is 0.789. The molecule has 100 valence electrons. The van der Waals surface area contributed by atoms with E-state index in [2.05, 4.69) is 17.3 Å². The van der Waals surface area contributed by atoms with Gasteiger partial charge in [-0.15, -0.1) is 0 Å². The van der Waals surface area contributed by atoms with Gasteiger partial charge in [0.15, 0.2) is 0 Å². The third-order valence-corrected chi connectivity index (χ3v) is 4.46. The average molecular weight is 240 g/mol. The highest BCUT2D eigenvalue weighted by atomic mass is 16.3. The summed E-state index contributed by atoms with van der Waals surface area (Å²) in [6.45, 7) is 3.22. The van der Waals surface area contributed by atoms with E-state index in [1.54, 1.807) is 0 Å². The molecule has 17 heavy (non-hydrogen) atoms. The number of aliphatic hydroxyl groups is 1. The van der Waals surface area contributed by atoms with E-state index in [1.165, 1.54) is 51.6 Å². The minimum absolute atomic E-state index is 0.406. The molecule has 0 aromatic carbocycles. The van der Waals surface area contributed by atoms with Crippen LogP contribution in [0.1, 0.15) is 51.4 Å². The van der Waals surface area contributed by atoms with Gasteiger partial charge >= 0.3 is 0 Å². The molecule has 1 aliphatic heterocycles. The summed E-state index contributed by atoms with van der Waals surface area (Å²) in [4.78, 5) is 2.41. The van der Waals surface area contributed by atoms with Crippen molar-refractivity contribution in [1.82, 2.24) is 10.2 Å². The summed E-state index contributed by atoms with van der Waals surface area (Å²) in [5, 5.41) is 14.1. The SMILES string of the molecule is CN1CCCC(NCC2(O)CCCCC2)CC1. The zero-order valence-electron chi connectivity index (χ0n) is 11.2. The van der Waals surface area contributed by atoms with Crippen LogP contribution in [0.2, 0.25) is 0 Å². The van der Waals surface area contributed by atoms with Crippen LogP contribution in [0.5, 0.6) is 0 Å². The predicted molar refractivity (Wildman–Crippen MR) is 71.2 cm³/mol. The van der Waals surface area contributed by atoms with Crippen molar-refractivity contribution in [1.29, 1.82) is 0 Å². The van der Waals surface area contributed by atoms with Gasteiger partial charge in [0.2, 0.25) is 0 Å². The van der Waals surface area contributed by atoms with Crippen LogP contribution in [-0.4, -0.2) is 48.3 Å². The van der Waals surface area contributed by atoms with Gasteiger partial charge in [-0.05, 0) is 52.2 Å². The Morgan fingerprint density at radius 2 is 1.88 bits per heavy atom. The fourth-order valence-corrected chi connectivity index (χ4v) is 3.17. The summed E-state index contributed by atoms with van der Waals surface area (Å²) in [6, 6.07) is 0.617. The van der Waals surface area contributed by atoms with Crippen LogP contribution < -0.4 is 5.32 Å². The third-order valence-electron chi connectivity index (χ3n) is 4.46. The molecule has 0 amide bonds. The highest BCUT2D eigenvalue weighted by molar-refractivity contribution is 4.86. The van der Waals surface area contributed by atoms with Crippen LogP contribution in [0.4, 0.5) is 0 Å². The molecule has 2 N–H and O–H groups in total.